The van der Waals surface area contributed by atoms with Crippen LogP contribution in [0.25, 0.3) is 0 Å². The van der Waals surface area contributed by atoms with Gasteiger partial charge >= 0.3 is 5.97 Å². The summed E-state index contributed by atoms with van der Waals surface area (Å²) in [5, 5.41) is 11.9. The van der Waals surface area contributed by atoms with Crippen LogP contribution in [0, 0.1) is 11.3 Å². The first-order valence-electron chi connectivity index (χ1n) is 3.76. The van der Waals surface area contributed by atoms with Crippen molar-refractivity contribution >= 4 is 18.4 Å². The monoisotopic (exact) mass is 193 g/mol. The van der Waals surface area contributed by atoms with Gasteiger partial charge in [-0.1, -0.05) is 0 Å². The average Bonchev–Trinajstić information content (AvgIpc) is 2.27. The Bertz CT molecular complexity index is 193. The molecule has 2 aliphatic heterocycles. The van der Waals surface area contributed by atoms with E-state index in [1.54, 1.807) is 0 Å². The van der Waals surface area contributed by atoms with Crippen LogP contribution in [-0.2, 0) is 9.53 Å². The molecule has 2 fully saturated rings. The van der Waals surface area contributed by atoms with Crippen LogP contribution in [0.2, 0.25) is 0 Å². The molecule has 2 saturated heterocycles. The molecule has 1 atom stereocenters. The van der Waals surface area contributed by atoms with Gasteiger partial charge in [0.25, 0.3) is 0 Å². The maximum atomic E-state index is 10.7. The molecule has 0 aromatic carbocycles. The molecule has 0 amide bonds. The number of halogens is 1. The maximum Gasteiger partial charge on any atom is 0.308 e. The molecule has 0 aromatic heterocycles. The Labute approximate surface area is 76.7 Å². The van der Waals surface area contributed by atoms with Gasteiger partial charge in [-0.2, -0.15) is 0 Å². The largest absolute Gasteiger partial charge is 0.481 e. The minimum absolute atomic E-state index is 0. The minimum Gasteiger partial charge on any atom is -0.481 e. The molecule has 5 heteroatoms. The Morgan fingerprint density at radius 3 is 2.58 bits per heavy atom. The second-order valence-corrected chi connectivity index (χ2v) is 3.38. The highest BCUT2D eigenvalue weighted by atomic mass is 35.5. The number of carboxylic acid groups (broad SMARTS) is 1. The van der Waals surface area contributed by atoms with Crippen molar-refractivity contribution in [3.8, 4) is 0 Å². The highest BCUT2D eigenvalue weighted by Gasteiger charge is 2.52. The highest BCUT2D eigenvalue weighted by Crippen LogP contribution is 2.38. The molecule has 0 aliphatic carbocycles. The Hall–Kier alpha value is -0.320. The van der Waals surface area contributed by atoms with Crippen molar-refractivity contribution in [2.24, 2.45) is 11.3 Å². The van der Waals surface area contributed by atoms with Crippen molar-refractivity contribution in [2.75, 3.05) is 26.3 Å². The van der Waals surface area contributed by atoms with E-state index in [-0.39, 0.29) is 23.7 Å². The molecule has 4 nitrogen and oxygen atoms in total. The fourth-order valence-electron chi connectivity index (χ4n) is 1.82. The van der Waals surface area contributed by atoms with Crippen LogP contribution in [0.15, 0.2) is 0 Å². The van der Waals surface area contributed by atoms with E-state index in [0.29, 0.717) is 19.8 Å². The zero-order valence-corrected chi connectivity index (χ0v) is 7.39. The molecule has 0 radical (unpaired) electrons. The second kappa shape index (κ2) is 3.20. The lowest BCUT2D eigenvalue weighted by Gasteiger charge is -2.40. The van der Waals surface area contributed by atoms with Crippen molar-refractivity contribution < 1.29 is 14.6 Å². The van der Waals surface area contributed by atoms with E-state index in [1.165, 1.54) is 0 Å². The molecule has 2 heterocycles. The van der Waals surface area contributed by atoms with Crippen molar-refractivity contribution in [1.82, 2.24) is 5.32 Å². The second-order valence-electron chi connectivity index (χ2n) is 3.38. The molecule has 2 N–H and O–H groups in total. The van der Waals surface area contributed by atoms with Gasteiger partial charge < -0.3 is 15.2 Å². The maximum absolute atomic E-state index is 10.7. The summed E-state index contributed by atoms with van der Waals surface area (Å²) in [5.74, 6) is -0.936. The van der Waals surface area contributed by atoms with Gasteiger partial charge in [0, 0.05) is 18.5 Å². The summed E-state index contributed by atoms with van der Waals surface area (Å²) >= 11 is 0. The number of hydrogen-bond donors (Lipinski definition) is 2. The summed E-state index contributed by atoms with van der Waals surface area (Å²) < 4.78 is 5.04. The zero-order valence-electron chi connectivity index (χ0n) is 6.58. The van der Waals surface area contributed by atoms with Crippen molar-refractivity contribution in [1.29, 1.82) is 0 Å². The van der Waals surface area contributed by atoms with Crippen molar-refractivity contribution in [2.45, 2.75) is 0 Å². The van der Waals surface area contributed by atoms with E-state index in [9.17, 15) is 4.79 Å². The summed E-state index contributed by atoms with van der Waals surface area (Å²) in [6.07, 6.45) is 0. The highest BCUT2D eigenvalue weighted by molar-refractivity contribution is 5.85. The molecule has 0 bridgehead atoms. The average molecular weight is 194 g/mol. The molecule has 2 aliphatic rings. The van der Waals surface area contributed by atoms with Gasteiger partial charge in [0.2, 0.25) is 0 Å². The summed E-state index contributed by atoms with van der Waals surface area (Å²) in [7, 11) is 0. The number of ether oxygens (including phenoxy) is 1. The minimum atomic E-state index is -0.696. The van der Waals surface area contributed by atoms with Crippen LogP contribution in [0.3, 0.4) is 0 Å². The first-order valence-corrected chi connectivity index (χ1v) is 3.76. The van der Waals surface area contributed by atoms with E-state index >= 15 is 0 Å². The standard InChI is InChI=1S/C7H11NO3.ClH/c9-6(10)5-1-8-2-7(5)3-11-4-7;/h5,8H,1-4H2,(H,9,10);1H. The van der Waals surface area contributed by atoms with Gasteiger partial charge in [0.1, 0.15) is 0 Å². The Morgan fingerprint density at radius 1 is 1.58 bits per heavy atom. The fourth-order valence-corrected chi connectivity index (χ4v) is 1.82. The number of nitrogens with one attached hydrogen (secondary N) is 1. The first kappa shape index (κ1) is 9.77. The van der Waals surface area contributed by atoms with Gasteiger partial charge in [0.15, 0.2) is 0 Å². The Morgan fingerprint density at radius 2 is 2.25 bits per heavy atom. The zero-order chi connectivity index (χ0) is 7.90. The number of carbonyl (C=O) groups is 1. The molecular weight excluding hydrogens is 182 g/mol. The molecule has 1 spiro atoms. The molecule has 12 heavy (non-hydrogen) atoms. The van der Waals surface area contributed by atoms with Gasteiger partial charge in [-0.3, -0.25) is 4.79 Å². The summed E-state index contributed by atoms with van der Waals surface area (Å²) in [6, 6.07) is 0. The number of aliphatic carboxylic acids is 1. The van der Waals surface area contributed by atoms with E-state index < -0.39 is 5.97 Å². The smallest absolute Gasteiger partial charge is 0.308 e. The molecule has 0 saturated carbocycles. The van der Waals surface area contributed by atoms with Gasteiger partial charge in [0.05, 0.1) is 19.1 Å². The number of hydrogen-bond acceptors (Lipinski definition) is 3. The predicted octanol–water partition coefficient (Wildman–Crippen LogP) is -0.271. The van der Waals surface area contributed by atoms with E-state index in [1.807, 2.05) is 0 Å². The first-order chi connectivity index (χ1) is 5.25. The topological polar surface area (TPSA) is 58.6 Å². The number of carboxylic acids is 1. The summed E-state index contributed by atoms with van der Waals surface area (Å²) in [4.78, 5) is 10.7. The molecule has 2 rings (SSSR count). The molecule has 0 aromatic rings. The Balaban J connectivity index is 0.000000720. The van der Waals surface area contributed by atoms with Crippen LogP contribution in [0.4, 0.5) is 0 Å². The van der Waals surface area contributed by atoms with Crippen LogP contribution in [0.5, 0.6) is 0 Å². The van der Waals surface area contributed by atoms with E-state index in [2.05, 4.69) is 5.32 Å². The van der Waals surface area contributed by atoms with Crippen molar-refractivity contribution in [3.05, 3.63) is 0 Å². The van der Waals surface area contributed by atoms with Crippen LogP contribution in [-0.4, -0.2) is 37.4 Å². The van der Waals surface area contributed by atoms with Gasteiger partial charge in [-0.05, 0) is 0 Å². The Kier molecular flexibility index (Phi) is 2.61. The van der Waals surface area contributed by atoms with Crippen LogP contribution < -0.4 is 5.32 Å². The molecular formula is C7H12ClNO3. The van der Waals surface area contributed by atoms with Gasteiger partial charge in [-0.15, -0.1) is 12.4 Å². The lowest BCUT2D eigenvalue weighted by Crippen LogP contribution is -2.50. The third kappa shape index (κ3) is 1.20. The summed E-state index contributed by atoms with van der Waals surface area (Å²) in [5.41, 5.74) is -0.0775. The van der Waals surface area contributed by atoms with Crippen LogP contribution >= 0.6 is 12.4 Å². The SMILES string of the molecule is Cl.O=C(O)C1CNCC12COC2. The van der Waals surface area contributed by atoms with Gasteiger partial charge in [-0.25, -0.2) is 0 Å². The van der Waals surface area contributed by atoms with Crippen molar-refractivity contribution in [3.63, 3.8) is 0 Å². The third-order valence-corrected chi connectivity index (χ3v) is 2.64. The number of rotatable bonds is 1. The lowest BCUT2D eigenvalue weighted by molar-refractivity contribution is -0.164. The third-order valence-electron chi connectivity index (χ3n) is 2.64. The van der Waals surface area contributed by atoms with E-state index in [0.717, 1.165) is 6.54 Å². The fraction of sp³-hybridized carbons (Fsp3) is 0.857. The quantitative estimate of drug-likeness (QED) is 0.602. The predicted molar refractivity (Wildman–Crippen MR) is 44.5 cm³/mol. The van der Waals surface area contributed by atoms with E-state index in [4.69, 9.17) is 9.84 Å². The van der Waals surface area contributed by atoms with Crippen LogP contribution in [0.1, 0.15) is 0 Å². The molecule has 1 unspecified atom stereocenters. The normalized spacial score (nSPS) is 30.8. The molecule has 70 valence electrons. The summed E-state index contributed by atoms with van der Waals surface area (Å²) in [6.45, 7) is 2.61. The lowest BCUT2D eigenvalue weighted by atomic mass is 9.76.